The summed E-state index contributed by atoms with van der Waals surface area (Å²) in [5.41, 5.74) is 8.47. The van der Waals surface area contributed by atoms with Gasteiger partial charge in [0.1, 0.15) is 0 Å². The van der Waals surface area contributed by atoms with E-state index in [2.05, 4.69) is 47.9 Å². The van der Waals surface area contributed by atoms with Crippen molar-refractivity contribution >= 4 is 39.9 Å². The second kappa shape index (κ2) is 8.76. The monoisotopic (exact) mass is 415 g/mol. The highest BCUT2D eigenvalue weighted by Crippen LogP contribution is 2.33. The molecule has 0 saturated heterocycles. The van der Waals surface area contributed by atoms with Crippen LogP contribution in [0, 0.1) is 20.8 Å². The lowest BCUT2D eigenvalue weighted by Crippen LogP contribution is -2.19. The van der Waals surface area contributed by atoms with E-state index in [1.807, 2.05) is 44.2 Å². The van der Waals surface area contributed by atoms with Crippen LogP contribution in [0.3, 0.4) is 0 Å². The van der Waals surface area contributed by atoms with Crippen LogP contribution in [0.25, 0.3) is 0 Å². The number of benzene rings is 3. The molecule has 3 aromatic rings. The maximum Gasteiger partial charge on any atom is 0.323 e. The Morgan fingerprint density at radius 1 is 0.867 bits per heavy atom. The van der Waals surface area contributed by atoms with Gasteiger partial charge in [0.05, 0.1) is 10.7 Å². The van der Waals surface area contributed by atoms with Gasteiger partial charge in [0.2, 0.25) is 0 Å². The maximum absolute atomic E-state index is 12.4. The van der Waals surface area contributed by atoms with Crippen LogP contribution in [-0.4, -0.2) is 11.1 Å². The van der Waals surface area contributed by atoms with Crippen molar-refractivity contribution in [2.45, 2.75) is 32.9 Å². The third-order valence-corrected chi connectivity index (χ3v) is 5.98. The molecule has 0 aromatic heterocycles. The van der Waals surface area contributed by atoms with Gasteiger partial charge in [-0.25, -0.2) is 9.79 Å². The fraction of sp³-hybridized carbons (Fsp3) is 0.200. The summed E-state index contributed by atoms with van der Waals surface area (Å²) in [6, 6.07) is 20.3. The van der Waals surface area contributed by atoms with Crippen LogP contribution >= 0.6 is 11.8 Å². The summed E-state index contributed by atoms with van der Waals surface area (Å²) in [6.07, 6.45) is 0.848. The predicted octanol–water partition coefficient (Wildman–Crippen LogP) is 6.78. The van der Waals surface area contributed by atoms with Crippen molar-refractivity contribution in [1.82, 2.24) is 0 Å². The summed E-state index contributed by atoms with van der Waals surface area (Å²) < 4.78 is 0. The highest BCUT2D eigenvalue weighted by atomic mass is 32.2. The van der Waals surface area contributed by atoms with Crippen molar-refractivity contribution in [3.05, 3.63) is 88.5 Å². The number of amides is 2. The second-order valence-corrected chi connectivity index (χ2v) is 8.80. The van der Waals surface area contributed by atoms with E-state index in [4.69, 9.17) is 4.99 Å². The first-order valence-electron chi connectivity index (χ1n) is 10.00. The molecule has 152 valence electrons. The van der Waals surface area contributed by atoms with E-state index in [9.17, 15) is 4.79 Å². The standard InChI is InChI=1S/C25H25N3OS/c1-16-4-6-19(7-5-16)15-30-24-13-20-8-9-21(14-23(20)28-24)26-25(29)27-22-11-17(2)10-18(3)12-22/h4-12,14H,13,15H2,1-3H3,(H2,26,27,29). The van der Waals surface area contributed by atoms with E-state index in [1.165, 1.54) is 16.7 Å². The average molecular weight is 416 g/mol. The Morgan fingerprint density at radius 3 is 2.30 bits per heavy atom. The highest BCUT2D eigenvalue weighted by Gasteiger charge is 2.16. The van der Waals surface area contributed by atoms with Crippen LogP contribution in [0.2, 0.25) is 0 Å². The Kier molecular flexibility index (Phi) is 5.91. The van der Waals surface area contributed by atoms with Crippen LogP contribution < -0.4 is 10.6 Å². The minimum Gasteiger partial charge on any atom is -0.308 e. The number of rotatable bonds is 4. The van der Waals surface area contributed by atoms with Gasteiger partial charge in [0.25, 0.3) is 0 Å². The molecule has 5 heteroatoms. The number of carbonyl (C=O) groups excluding carboxylic acids is 1. The largest absolute Gasteiger partial charge is 0.323 e. The average Bonchev–Trinajstić information content (AvgIpc) is 3.09. The molecule has 30 heavy (non-hydrogen) atoms. The van der Waals surface area contributed by atoms with Crippen molar-refractivity contribution < 1.29 is 4.79 Å². The van der Waals surface area contributed by atoms with Gasteiger partial charge in [-0.05, 0) is 67.3 Å². The van der Waals surface area contributed by atoms with Crippen molar-refractivity contribution in [2.24, 2.45) is 4.99 Å². The first-order chi connectivity index (χ1) is 14.4. The number of nitrogens with one attached hydrogen (secondary N) is 2. The quantitative estimate of drug-likeness (QED) is 0.494. The van der Waals surface area contributed by atoms with E-state index in [0.717, 1.165) is 45.4 Å². The molecule has 0 radical (unpaired) electrons. The zero-order valence-electron chi connectivity index (χ0n) is 17.5. The number of hydrogen-bond donors (Lipinski definition) is 2. The lowest BCUT2D eigenvalue weighted by molar-refractivity contribution is 0.262. The minimum atomic E-state index is -0.254. The number of urea groups is 1. The van der Waals surface area contributed by atoms with Crippen LogP contribution in [-0.2, 0) is 12.2 Å². The molecule has 4 rings (SSSR count). The molecule has 0 fully saturated rings. The van der Waals surface area contributed by atoms with Gasteiger partial charge in [-0.1, -0.05) is 42.0 Å². The Labute approximate surface area is 181 Å². The second-order valence-electron chi connectivity index (χ2n) is 7.76. The SMILES string of the molecule is Cc1ccc(CSC2=Nc3cc(NC(=O)Nc4cc(C)cc(C)c4)ccc3C2)cc1. The molecule has 0 spiro atoms. The normalized spacial score (nSPS) is 12.3. The number of hydrogen-bond acceptors (Lipinski definition) is 3. The zero-order valence-corrected chi connectivity index (χ0v) is 18.3. The summed E-state index contributed by atoms with van der Waals surface area (Å²) in [6.45, 7) is 6.13. The van der Waals surface area contributed by atoms with Crippen molar-refractivity contribution in [1.29, 1.82) is 0 Å². The van der Waals surface area contributed by atoms with Gasteiger partial charge in [-0.3, -0.25) is 0 Å². The number of nitrogens with zero attached hydrogens (tertiary/aromatic N) is 1. The summed E-state index contributed by atoms with van der Waals surface area (Å²) in [4.78, 5) is 17.2. The van der Waals surface area contributed by atoms with Crippen molar-refractivity contribution in [3.8, 4) is 0 Å². The van der Waals surface area contributed by atoms with Gasteiger partial charge in [0, 0.05) is 23.5 Å². The van der Waals surface area contributed by atoms with Gasteiger partial charge >= 0.3 is 6.03 Å². The summed E-state index contributed by atoms with van der Waals surface area (Å²) in [7, 11) is 0. The van der Waals surface area contributed by atoms with Crippen molar-refractivity contribution in [3.63, 3.8) is 0 Å². The molecule has 2 N–H and O–H groups in total. The topological polar surface area (TPSA) is 53.5 Å². The predicted molar refractivity (Wildman–Crippen MR) is 128 cm³/mol. The molecular formula is C25H25N3OS. The maximum atomic E-state index is 12.4. The van der Waals surface area contributed by atoms with E-state index < -0.39 is 0 Å². The zero-order chi connectivity index (χ0) is 21.1. The third kappa shape index (κ3) is 5.10. The van der Waals surface area contributed by atoms with E-state index in [1.54, 1.807) is 11.8 Å². The molecule has 0 bridgehead atoms. The fourth-order valence-electron chi connectivity index (χ4n) is 3.51. The molecule has 3 aromatic carbocycles. The molecule has 0 aliphatic carbocycles. The number of aryl methyl sites for hydroxylation is 3. The summed E-state index contributed by atoms with van der Waals surface area (Å²) >= 11 is 1.77. The van der Waals surface area contributed by atoms with E-state index >= 15 is 0 Å². The van der Waals surface area contributed by atoms with Gasteiger partial charge in [-0.2, -0.15) is 0 Å². The number of anilines is 2. The smallest absolute Gasteiger partial charge is 0.308 e. The Morgan fingerprint density at radius 2 is 1.57 bits per heavy atom. The van der Waals surface area contributed by atoms with Crippen LogP contribution in [0.4, 0.5) is 21.9 Å². The summed E-state index contributed by atoms with van der Waals surface area (Å²) in [5.74, 6) is 0.913. The molecule has 0 atom stereocenters. The molecule has 2 amide bonds. The van der Waals surface area contributed by atoms with Crippen LogP contribution in [0.5, 0.6) is 0 Å². The molecular weight excluding hydrogens is 390 g/mol. The van der Waals surface area contributed by atoms with E-state index in [-0.39, 0.29) is 6.03 Å². The third-order valence-electron chi connectivity index (χ3n) is 4.94. The number of fused-ring (bicyclic) bond motifs is 1. The van der Waals surface area contributed by atoms with Gasteiger partial charge in [-0.15, -0.1) is 11.8 Å². The minimum absolute atomic E-state index is 0.254. The molecule has 1 heterocycles. The lowest BCUT2D eigenvalue weighted by Gasteiger charge is -2.10. The Balaban J connectivity index is 1.37. The first kappa shape index (κ1) is 20.2. The molecule has 0 saturated carbocycles. The summed E-state index contributed by atoms with van der Waals surface area (Å²) in [5, 5.41) is 6.93. The molecule has 1 aliphatic rings. The first-order valence-corrected chi connectivity index (χ1v) is 11.0. The van der Waals surface area contributed by atoms with Crippen LogP contribution in [0.15, 0.2) is 65.7 Å². The van der Waals surface area contributed by atoms with Gasteiger partial charge < -0.3 is 10.6 Å². The van der Waals surface area contributed by atoms with E-state index in [0.29, 0.717) is 0 Å². The number of aliphatic imine (C=N–C) groups is 1. The van der Waals surface area contributed by atoms with Gasteiger partial charge in [0.15, 0.2) is 0 Å². The fourth-order valence-corrected chi connectivity index (χ4v) is 4.45. The number of thioether (sulfide) groups is 1. The Bertz CT molecular complexity index is 1100. The van der Waals surface area contributed by atoms with Crippen LogP contribution in [0.1, 0.15) is 27.8 Å². The Hall–Kier alpha value is -3.05. The molecule has 4 nitrogen and oxygen atoms in total. The highest BCUT2D eigenvalue weighted by molar-refractivity contribution is 8.13. The van der Waals surface area contributed by atoms with Crippen molar-refractivity contribution in [2.75, 3.05) is 10.6 Å². The molecule has 1 aliphatic heterocycles. The molecule has 0 unspecified atom stereocenters. The lowest BCUT2D eigenvalue weighted by atomic mass is 10.1. The number of carbonyl (C=O) groups is 1.